The Bertz CT molecular complexity index is 163. The maximum Gasteiger partial charge on any atom is 0.157 e. The van der Waals surface area contributed by atoms with Crippen LogP contribution >= 0.6 is 0 Å². The van der Waals surface area contributed by atoms with Gasteiger partial charge in [-0.25, -0.2) is 0 Å². The minimum absolute atomic E-state index is 0.0911. The second-order valence-electron chi connectivity index (χ2n) is 5.31. The summed E-state index contributed by atoms with van der Waals surface area (Å²) in [5.41, 5.74) is 0. The molecule has 0 amide bonds. The normalized spacial score (nSPS) is 22.7. The third-order valence-corrected chi connectivity index (χ3v) is 3.54. The maximum absolute atomic E-state index is 5.77. The molecule has 2 nitrogen and oxygen atoms in total. The van der Waals surface area contributed by atoms with E-state index in [-0.39, 0.29) is 6.29 Å². The lowest BCUT2D eigenvalue weighted by Crippen LogP contribution is -2.32. The zero-order valence-corrected chi connectivity index (χ0v) is 13.7. The van der Waals surface area contributed by atoms with E-state index in [4.69, 9.17) is 9.47 Å². The fraction of sp³-hybridized carbons (Fsp3) is 1.00. The van der Waals surface area contributed by atoms with Crippen molar-refractivity contribution in [3.05, 3.63) is 0 Å². The molecular weight excluding hydrogens is 236 g/mol. The minimum Gasteiger partial charge on any atom is -0.352 e. The van der Waals surface area contributed by atoms with Gasteiger partial charge in [-0.05, 0) is 19.3 Å². The summed E-state index contributed by atoms with van der Waals surface area (Å²) in [7, 11) is 0. The lowest BCUT2D eigenvalue weighted by atomic mass is 10.0. The van der Waals surface area contributed by atoms with Crippen molar-refractivity contribution in [2.24, 2.45) is 5.92 Å². The van der Waals surface area contributed by atoms with Crippen LogP contribution in [0.25, 0.3) is 0 Å². The van der Waals surface area contributed by atoms with Crippen molar-refractivity contribution < 1.29 is 9.47 Å². The molecule has 1 aliphatic rings. The first-order chi connectivity index (χ1) is 9.36. The monoisotopic (exact) mass is 272 g/mol. The molecule has 0 radical (unpaired) electrons. The zero-order valence-electron chi connectivity index (χ0n) is 13.7. The van der Waals surface area contributed by atoms with Gasteiger partial charge in [-0.15, -0.1) is 0 Å². The van der Waals surface area contributed by atoms with Gasteiger partial charge in [-0.2, -0.15) is 0 Å². The highest BCUT2D eigenvalue weighted by atomic mass is 16.7. The molecule has 1 rings (SSSR count). The molecular formula is C17H36O2. The smallest absolute Gasteiger partial charge is 0.157 e. The molecule has 0 N–H and O–H groups in total. The Hall–Kier alpha value is -0.0800. The molecule has 1 fully saturated rings. The van der Waals surface area contributed by atoms with Crippen LogP contribution in [0, 0.1) is 5.92 Å². The van der Waals surface area contributed by atoms with Gasteiger partial charge in [-0.3, -0.25) is 0 Å². The average molecular weight is 272 g/mol. The average Bonchev–Trinajstić information content (AvgIpc) is 2.48. The van der Waals surface area contributed by atoms with E-state index in [1.54, 1.807) is 0 Å². The van der Waals surface area contributed by atoms with Gasteiger partial charge in [-0.1, -0.05) is 66.2 Å². The fourth-order valence-corrected chi connectivity index (χ4v) is 2.34. The standard InChI is InChI=1S/C15H30O2.C2H6/c1-3-5-7-9-10-14-12-16-15(17-13-14)11-8-6-4-2;1-2/h14-15H,3-13H2,1-2H3;1-2H3. The van der Waals surface area contributed by atoms with E-state index in [1.807, 2.05) is 13.8 Å². The van der Waals surface area contributed by atoms with Crippen LogP contribution in [-0.2, 0) is 9.47 Å². The summed E-state index contributed by atoms with van der Waals surface area (Å²) in [6.45, 7) is 10.3. The van der Waals surface area contributed by atoms with E-state index in [0.29, 0.717) is 5.92 Å². The molecule has 0 spiro atoms. The Morgan fingerprint density at radius 2 is 1.26 bits per heavy atom. The third kappa shape index (κ3) is 10.4. The highest BCUT2D eigenvalue weighted by molar-refractivity contribution is 4.63. The quantitative estimate of drug-likeness (QED) is 0.512. The Kier molecular flexibility index (Phi) is 14.3. The van der Waals surface area contributed by atoms with Crippen LogP contribution in [0.15, 0.2) is 0 Å². The molecule has 1 aliphatic heterocycles. The summed E-state index contributed by atoms with van der Waals surface area (Å²) >= 11 is 0. The van der Waals surface area contributed by atoms with Crippen molar-refractivity contribution in [1.82, 2.24) is 0 Å². The lowest BCUT2D eigenvalue weighted by molar-refractivity contribution is -0.204. The largest absolute Gasteiger partial charge is 0.352 e. The van der Waals surface area contributed by atoms with Gasteiger partial charge in [0.25, 0.3) is 0 Å². The van der Waals surface area contributed by atoms with Crippen molar-refractivity contribution in [1.29, 1.82) is 0 Å². The van der Waals surface area contributed by atoms with Gasteiger partial charge < -0.3 is 9.47 Å². The van der Waals surface area contributed by atoms with E-state index in [2.05, 4.69) is 13.8 Å². The van der Waals surface area contributed by atoms with Crippen molar-refractivity contribution in [2.75, 3.05) is 13.2 Å². The third-order valence-electron chi connectivity index (χ3n) is 3.54. The predicted octanol–water partition coefficient (Wildman–Crippen LogP) is 5.55. The lowest BCUT2D eigenvalue weighted by Gasteiger charge is -2.29. The second kappa shape index (κ2) is 14.3. The number of rotatable bonds is 9. The Balaban J connectivity index is 0.00000154. The SMILES string of the molecule is CC.CCCCCCC1COC(CCCCC)OC1. The Labute approximate surface area is 121 Å². The molecule has 0 atom stereocenters. The Morgan fingerprint density at radius 3 is 1.84 bits per heavy atom. The van der Waals surface area contributed by atoms with E-state index in [9.17, 15) is 0 Å². The summed E-state index contributed by atoms with van der Waals surface area (Å²) in [6.07, 6.45) is 11.6. The summed E-state index contributed by atoms with van der Waals surface area (Å²) < 4.78 is 11.5. The molecule has 0 aromatic heterocycles. The first-order valence-corrected chi connectivity index (χ1v) is 8.60. The molecule has 2 heteroatoms. The van der Waals surface area contributed by atoms with Crippen LogP contribution in [0.4, 0.5) is 0 Å². The van der Waals surface area contributed by atoms with Crippen LogP contribution < -0.4 is 0 Å². The fourth-order valence-electron chi connectivity index (χ4n) is 2.34. The van der Waals surface area contributed by atoms with Gasteiger partial charge >= 0.3 is 0 Å². The van der Waals surface area contributed by atoms with Gasteiger partial charge in [0.05, 0.1) is 13.2 Å². The number of unbranched alkanes of at least 4 members (excludes halogenated alkanes) is 5. The molecule has 19 heavy (non-hydrogen) atoms. The highest BCUT2D eigenvalue weighted by Crippen LogP contribution is 2.20. The maximum atomic E-state index is 5.77. The van der Waals surface area contributed by atoms with Crippen LogP contribution in [0.5, 0.6) is 0 Å². The van der Waals surface area contributed by atoms with Crippen molar-refractivity contribution in [3.63, 3.8) is 0 Å². The van der Waals surface area contributed by atoms with Crippen LogP contribution in [0.1, 0.15) is 85.5 Å². The molecule has 1 saturated heterocycles. The summed E-state index contributed by atoms with van der Waals surface area (Å²) in [6, 6.07) is 0. The number of ether oxygens (including phenoxy) is 2. The second-order valence-corrected chi connectivity index (χ2v) is 5.31. The topological polar surface area (TPSA) is 18.5 Å². The van der Waals surface area contributed by atoms with Crippen LogP contribution in [-0.4, -0.2) is 19.5 Å². The zero-order chi connectivity index (χ0) is 14.3. The molecule has 0 unspecified atom stereocenters. The summed E-state index contributed by atoms with van der Waals surface area (Å²) in [5, 5.41) is 0. The van der Waals surface area contributed by atoms with E-state index >= 15 is 0 Å². The molecule has 1 heterocycles. The van der Waals surface area contributed by atoms with Crippen LogP contribution in [0.3, 0.4) is 0 Å². The summed E-state index contributed by atoms with van der Waals surface area (Å²) in [4.78, 5) is 0. The molecule has 0 bridgehead atoms. The highest BCUT2D eigenvalue weighted by Gasteiger charge is 2.21. The first kappa shape index (κ1) is 18.9. The van der Waals surface area contributed by atoms with E-state index in [0.717, 1.165) is 19.6 Å². The van der Waals surface area contributed by atoms with E-state index < -0.39 is 0 Å². The molecule has 0 saturated carbocycles. The van der Waals surface area contributed by atoms with Crippen molar-refractivity contribution >= 4 is 0 Å². The van der Waals surface area contributed by atoms with E-state index in [1.165, 1.54) is 51.4 Å². The van der Waals surface area contributed by atoms with Crippen molar-refractivity contribution in [3.8, 4) is 0 Å². The minimum atomic E-state index is 0.0911. The van der Waals surface area contributed by atoms with Crippen molar-refractivity contribution in [2.45, 2.75) is 91.8 Å². The molecule has 0 aromatic carbocycles. The number of hydrogen-bond donors (Lipinski definition) is 0. The van der Waals surface area contributed by atoms with Gasteiger partial charge in [0.15, 0.2) is 6.29 Å². The number of hydrogen-bond acceptors (Lipinski definition) is 2. The van der Waals surface area contributed by atoms with Gasteiger partial charge in [0.2, 0.25) is 0 Å². The first-order valence-electron chi connectivity index (χ1n) is 8.60. The van der Waals surface area contributed by atoms with Gasteiger partial charge in [0.1, 0.15) is 0 Å². The predicted molar refractivity (Wildman–Crippen MR) is 83.4 cm³/mol. The molecule has 0 aromatic rings. The molecule has 0 aliphatic carbocycles. The summed E-state index contributed by atoms with van der Waals surface area (Å²) in [5.74, 6) is 0.647. The van der Waals surface area contributed by atoms with Crippen LogP contribution in [0.2, 0.25) is 0 Å². The Morgan fingerprint density at radius 1 is 0.737 bits per heavy atom. The molecule has 116 valence electrons. The van der Waals surface area contributed by atoms with Gasteiger partial charge in [0, 0.05) is 5.92 Å².